The highest BCUT2D eigenvalue weighted by Crippen LogP contribution is 2.26. The van der Waals surface area contributed by atoms with Crippen molar-refractivity contribution in [1.82, 2.24) is 9.88 Å². The summed E-state index contributed by atoms with van der Waals surface area (Å²) in [7, 11) is 2.14. The number of aromatic nitrogens is 1. The number of fused-ring (bicyclic) bond motifs is 1. The zero-order valence-corrected chi connectivity index (χ0v) is 19.6. The van der Waals surface area contributed by atoms with Crippen molar-refractivity contribution in [3.05, 3.63) is 76.4 Å². The highest BCUT2D eigenvalue weighted by atomic mass is 79.9. The van der Waals surface area contributed by atoms with Crippen molar-refractivity contribution < 1.29 is 9.59 Å². The number of hydrogen-bond acceptors (Lipinski definition) is 4. The van der Waals surface area contributed by atoms with Crippen LogP contribution in [0, 0.1) is 0 Å². The Morgan fingerprint density at radius 1 is 0.969 bits per heavy atom. The van der Waals surface area contributed by atoms with Crippen LogP contribution in [0.2, 0.25) is 0 Å². The molecule has 5 nitrogen and oxygen atoms in total. The van der Waals surface area contributed by atoms with Crippen LogP contribution in [0.5, 0.6) is 0 Å². The number of ketones is 2. The number of benzene rings is 2. The van der Waals surface area contributed by atoms with Gasteiger partial charge >= 0.3 is 0 Å². The van der Waals surface area contributed by atoms with Crippen molar-refractivity contribution in [1.29, 1.82) is 0 Å². The number of halogens is 1. The molecule has 0 aliphatic carbocycles. The molecule has 32 heavy (non-hydrogen) atoms. The first-order valence-corrected chi connectivity index (χ1v) is 11.5. The quantitative estimate of drug-likeness (QED) is 0.375. The van der Waals surface area contributed by atoms with Gasteiger partial charge in [-0.05, 0) is 60.0 Å². The van der Waals surface area contributed by atoms with E-state index in [-0.39, 0.29) is 18.0 Å². The Morgan fingerprint density at radius 2 is 1.72 bits per heavy atom. The van der Waals surface area contributed by atoms with E-state index in [0.29, 0.717) is 0 Å². The summed E-state index contributed by atoms with van der Waals surface area (Å²) in [5, 5.41) is 1.12. The number of carbonyl (C=O) groups is 2. The maximum Gasteiger partial charge on any atom is 0.163 e. The zero-order valence-electron chi connectivity index (χ0n) is 18.1. The number of nitrogens with one attached hydrogen (secondary N) is 1. The maximum atomic E-state index is 12.3. The van der Waals surface area contributed by atoms with E-state index in [1.54, 1.807) is 12.2 Å². The summed E-state index contributed by atoms with van der Waals surface area (Å²) in [6.07, 6.45) is 8.19. The van der Waals surface area contributed by atoms with E-state index in [1.165, 1.54) is 17.8 Å². The Bertz CT molecular complexity index is 1190. The van der Waals surface area contributed by atoms with Gasteiger partial charge in [-0.1, -0.05) is 46.3 Å². The van der Waals surface area contributed by atoms with Gasteiger partial charge in [0.2, 0.25) is 0 Å². The molecule has 2 heterocycles. The second kappa shape index (κ2) is 10.1. The van der Waals surface area contributed by atoms with Crippen LogP contribution in [0.4, 0.5) is 5.69 Å². The molecule has 0 spiro atoms. The van der Waals surface area contributed by atoms with Gasteiger partial charge in [0.1, 0.15) is 0 Å². The lowest BCUT2D eigenvalue weighted by molar-refractivity contribution is -0.121. The van der Waals surface area contributed by atoms with Crippen LogP contribution >= 0.6 is 15.9 Å². The van der Waals surface area contributed by atoms with E-state index in [9.17, 15) is 9.59 Å². The smallest absolute Gasteiger partial charge is 0.163 e. The third-order valence-corrected chi connectivity index (χ3v) is 6.38. The van der Waals surface area contributed by atoms with Gasteiger partial charge in [-0.2, -0.15) is 0 Å². The molecule has 0 saturated carbocycles. The van der Waals surface area contributed by atoms with Crippen molar-refractivity contribution in [2.24, 2.45) is 0 Å². The second-order valence-electron chi connectivity index (χ2n) is 8.10. The fourth-order valence-electron chi connectivity index (χ4n) is 3.74. The Kier molecular flexibility index (Phi) is 7.02. The van der Waals surface area contributed by atoms with E-state index in [2.05, 4.69) is 49.9 Å². The molecule has 0 atom stereocenters. The Labute approximate surface area is 196 Å². The molecular formula is C26H26BrN3O2. The van der Waals surface area contributed by atoms with Crippen LogP contribution < -0.4 is 4.90 Å². The lowest BCUT2D eigenvalue weighted by atomic mass is 10.1. The maximum absolute atomic E-state index is 12.3. The SMILES string of the molecule is CN1CCN(c2ccc(/C=C/C(=O)CC(=O)/C=C/c3ccc4cc[nH]c4c3)c(Br)c2)CC1. The Hall–Kier alpha value is -2.96. The van der Waals surface area contributed by atoms with Crippen molar-refractivity contribution in [3.8, 4) is 0 Å². The Morgan fingerprint density at radius 3 is 2.47 bits per heavy atom. The first kappa shape index (κ1) is 22.2. The predicted octanol–water partition coefficient (Wildman–Crippen LogP) is 4.94. The van der Waals surface area contributed by atoms with Crippen molar-refractivity contribution in [2.75, 3.05) is 38.1 Å². The fourth-order valence-corrected chi connectivity index (χ4v) is 4.24. The highest BCUT2D eigenvalue weighted by molar-refractivity contribution is 9.10. The van der Waals surface area contributed by atoms with Gasteiger partial charge in [-0.25, -0.2) is 0 Å². The number of aromatic amines is 1. The van der Waals surface area contributed by atoms with Crippen LogP contribution in [0.25, 0.3) is 23.1 Å². The molecular weight excluding hydrogens is 466 g/mol. The van der Waals surface area contributed by atoms with Gasteiger partial charge in [0.15, 0.2) is 11.6 Å². The molecule has 1 aliphatic rings. The minimum absolute atomic E-state index is 0.144. The molecule has 4 rings (SSSR count). The van der Waals surface area contributed by atoms with E-state index in [0.717, 1.165) is 52.7 Å². The van der Waals surface area contributed by atoms with Crippen LogP contribution in [0.15, 0.2) is 65.3 Å². The van der Waals surface area contributed by atoms with Gasteiger partial charge in [0.25, 0.3) is 0 Å². The number of rotatable bonds is 7. The van der Waals surface area contributed by atoms with Gasteiger partial charge in [0, 0.05) is 48.1 Å². The molecule has 3 aromatic rings. The number of piperazine rings is 1. The lowest BCUT2D eigenvalue weighted by Gasteiger charge is -2.34. The first-order valence-electron chi connectivity index (χ1n) is 10.7. The molecule has 1 aliphatic heterocycles. The number of hydrogen-bond donors (Lipinski definition) is 1. The number of nitrogens with zero attached hydrogens (tertiary/aromatic N) is 2. The third-order valence-electron chi connectivity index (χ3n) is 5.69. The van der Waals surface area contributed by atoms with Gasteiger partial charge in [0.05, 0.1) is 6.42 Å². The molecule has 0 radical (unpaired) electrons. The number of anilines is 1. The third kappa shape index (κ3) is 5.64. The average molecular weight is 492 g/mol. The summed E-state index contributed by atoms with van der Waals surface area (Å²) >= 11 is 3.61. The molecule has 1 aromatic heterocycles. The monoisotopic (exact) mass is 491 g/mol. The summed E-state index contributed by atoms with van der Waals surface area (Å²) in [5.74, 6) is -0.426. The second-order valence-corrected chi connectivity index (χ2v) is 8.95. The van der Waals surface area contributed by atoms with Gasteiger partial charge < -0.3 is 14.8 Å². The van der Waals surface area contributed by atoms with E-state index in [4.69, 9.17) is 0 Å². The molecule has 0 amide bonds. The van der Waals surface area contributed by atoms with Crippen molar-refractivity contribution in [2.45, 2.75) is 6.42 Å². The summed E-state index contributed by atoms with van der Waals surface area (Å²) in [6.45, 7) is 4.11. The topological polar surface area (TPSA) is 56.4 Å². The minimum Gasteiger partial charge on any atom is -0.369 e. The first-order chi connectivity index (χ1) is 15.5. The molecule has 2 aromatic carbocycles. The highest BCUT2D eigenvalue weighted by Gasteiger charge is 2.15. The number of likely N-dealkylation sites (N-methyl/N-ethyl adjacent to an activating group) is 1. The van der Waals surface area contributed by atoms with Gasteiger partial charge in [-0.3, -0.25) is 9.59 Å². The summed E-state index contributed by atoms with van der Waals surface area (Å²) in [4.78, 5) is 32.3. The molecule has 0 bridgehead atoms. The van der Waals surface area contributed by atoms with Crippen LogP contribution in [-0.2, 0) is 9.59 Å². The van der Waals surface area contributed by atoms with E-state index >= 15 is 0 Å². The van der Waals surface area contributed by atoms with E-state index < -0.39 is 0 Å². The molecule has 164 valence electrons. The minimum atomic E-state index is -0.213. The number of allylic oxidation sites excluding steroid dienone is 2. The van der Waals surface area contributed by atoms with Crippen molar-refractivity contribution in [3.63, 3.8) is 0 Å². The number of H-pyrrole nitrogens is 1. The molecule has 0 unspecified atom stereocenters. The number of carbonyl (C=O) groups excluding carboxylic acids is 2. The van der Waals surface area contributed by atoms with E-state index in [1.807, 2.05) is 36.5 Å². The summed E-state index contributed by atoms with van der Waals surface area (Å²) in [6, 6.07) is 14.1. The summed E-state index contributed by atoms with van der Waals surface area (Å²) < 4.78 is 0.934. The normalized spacial score (nSPS) is 15.2. The van der Waals surface area contributed by atoms with Crippen LogP contribution in [-0.4, -0.2) is 54.7 Å². The largest absolute Gasteiger partial charge is 0.369 e. The van der Waals surface area contributed by atoms with Crippen LogP contribution in [0.1, 0.15) is 17.5 Å². The fraction of sp³-hybridized carbons (Fsp3) is 0.231. The molecule has 1 saturated heterocycles. The molecule has 6 heteroatoms. The van der Waals surface area contributed by atoms with Crippen LogP contribution in [0.3, 0.4) is 0 Å². The molecule has 1 N–H and O–H groups in total. The average Bonchev–Trinajstić information content (AvgIpc) is 3.25. The van der Waals surface area contributed by atoms with Crippen molar-refractivity contribution >= 4 is 56.2 Å². The predicted molar refractivity (Wildman–Crippen MR) is 135 cm³/mol. The summed E-state index contributed by atoms with van der Waals surface area (Å²) in [5.41, 5.74) is 4.02. The van der Waals surface area contributed by atoms with Gasteiger partial charge in [-0.15, -0.1) is 0 Å². The zero-order chi connectivity index (χ0) is 22.5. The lowest BCUT2D eigenvalue weighted by Crippen LogP contribution is -2.44. The standard InChI is InChI=1S/C26H26BrN3O2/c1-29-12-14-30(15-13-29)22-7-5-20(25(27)17-22)6-9-24(32)18-23(31)8-3-19-2-4-21-10-11-28-26(21)16-19/h2-11,16-17,28H,12-15,18H2,1H3/b8-3+,9-6+. The Balaban J connectivity index is 1.32. The molecule has 1 fully saturated rings.